The third-order valence-corrected chi connectivity index (χ3v) is 5.00. The number of carbonyl (C=O) groups excluding carboxylic acids is 1. The minimum Gasteiger partial charge on any atom is -0.342 e. The summed E-state index contributed by atoms with van der Waals surface area (Å²) in [6.07, 6.45) is 2.52. The molecule has 0 radical (unpaired) electrons. The Morgan fingerprint density at radius 3 is 2.78 bits per heavy atom. The zero-order valence-corrected chi connectivity index (χ0v) is 12.3. The fourth-order valence-corrected chi connectivity index (χ4v) is 3.09. The van der Waals surface area contributed by atoms with Crippen molar-refractivity contribution < 1.29 is 4.79 Å². The van der Waals surface area contributed by atoms with E-state index in [1.54, 1.807) is 0 Å². The first-order chi connectivity index (χ1) is 8.59. The van der Waals surface area contributed by atoms with Crippen LogP contribution in [0, 0.1) is 5.92 Å². The average molecular weight is 284 g/mol. The molecule has 4 heteroatoms. The predicted molar refractivity (Wildman–Crippen MR) is 77.1 cm³/mol. The monoisotopic (exact) mass is 283 g/mol. The molecule has 1 saturated carbocycles. The summed E-state index contributed by atoms with van der Waals surface area (Å²) in [6, 6.07) is 8.00. The van der Waals surface area contributed by atoms with E-state index in [2.05, 4.69) is 6.92 Å². The Balaban J connectivity index is 1.86. The second-order valence-electron chi connectivity index (χ2n) is 4.80. The number of rotatable bonds is 5. The fourth-order valence-electron chi connectivity index (χ4n) is 1.93. The van der Waals surface area contributed by atoms with Gasteiger partial charge in [0.25, 0.3) is 0 Å². The lowest BCUT2D eigenvalue weighted by molar-refractivity contribution is -0.129. The highest BCUT2D eigenvalue weighted by molar-refractivity contribution is 8.00. The van der Waals surface area contributed by atoms with Gasteiger partial charge in [0.15, 0.2) is 0 Å². The van der Waals surface area contributed by atoms with Crippen LogP contribution in [0.15, 0.2) is 29.2 Å². The maximum atomic E-state index is 12.1. The minimum absolute atomic E-state index is 0.180. The van der Waals surface area contributed by atoms with Gasteiger partial charge in [-0.05, 0) is 37.8 Å². The molecule has 0 aliphatic heterocycles. The largest absolute Gasteiger partial charge is 0.342 e. The summed E-state index contributed by atoms with van der Waals surface area (Å²) in [7, 11) is 1.90. The lowest BCUT2D eigenvalue weighted by Crippen LogP contribution is -2.37. The second-order valence-corrected chi connectivity index (χ2v) is 6.23. The van der Waals surface area contributed by atoms with Gasteiger partial charge in [0.05, 0.1) is 10.8 Å². The van der Waals surface area contributed by atoms with Crippen LogP contribution in [0.25, 0.3) is 0 Å². The summed E-state index contributed by atoms with van der Waals surface area (Å²) in [5.74, 6) is 1.35. The van der Waals surface area contributed by atoms with Crippen LogP contribution in [0.2, 0.25) is 5.02 Å². The van der Waals surface area contributed by atoms with E-state index in [4.69, 9.17) is 11.6 Å². The third kappa shape index (κ3) is 3.42. The first-order valence-electron chi connectivity index (χ1n) is 6.22. The molecule has 1 aromatic carbocycles. The predicted octanol–water partition coefficient (Wildman–Crippen LogP) is 3.69. The molecule has 1 amide bonds. The van der Waals surface area contributed by atoms with E-state index in [1.807, 2.05) is 36.2 Å². The first-order valence-corrected chi connectivity index (χ1v) is 7.59. The normalized spacial score (nSPS) is 16.4. The van der Waals surface area contributed by atoms with E-state index >= 15 is 0 Å². The molecule has 0 saturated heterocycles. The van der Waals surface area contributed by atoms with Crippen molar-refractivity contribution in [1.29, 1.82) is 0 Å². The molecule has 1 unspecified atom stereocenters. The highest BCUT2D eigenvalue weighted by Crippen LogP contribution is 2.35. The standard InChI is InChI=1S/C14H18ClNOS/c1-10(11-7-8-11)16(2)14(17)9-18-13-6-4-3-5-12(13)15/h3-6,10-11H,7-9H2,1-2H3. The van der Waals surface area contributed by atoms with Gasteiger partial charge in [-0.15, -0.1) is 11.8 Å². The Kier molecular flexibility index (Phi) is 4.57. The summed E-state index contributed by atoms with van der Waals surface area (Å²) in [6.45, 7) is 2.13. The van der Waals surface area contributed by atoms with Crippen molar-refractivity contribution in [3.05, 3.63) is 29.3 Å². The lowest BCUT2D eigenvalue weighted by Gasteiger charge is -2.24. The summed E-state index contributed by atoms with van der Waals surface area (Å²) in [5, 5.41) is 0.716. The van der Waals surface area contributed by atoms with Gasteiger partial charge in [-0.3, -0.25) is 4.79 Å². The van der Waals surface area contributed by atoms with Crippen LogP contribution >= 0.6 is 23.4 Å². The third-order valence-electron chi connectivity index (χ3n) is 3.50. The molecule has 1 atom stereocenters. The molecule has 0 heterocycles. The summed E-state index contributed by atoms with van der Waals surface area (Å²) in [5.41, 5.74) is 0. The molecule has 98 valence electrons. The number of hydrogen-bond donors (Lipinski definition) is 0. The molecular weight excluding hydrogens is 266 g/mol. The zero-order chi connectivity index (χ0) is 13.1. The number of hydrogen-bond acceptors (Lipinski definition) is 2. The summed E-state index contributed by atoms with van der Waals surface area (Å²) >= 11 is 7.57. The molecule has 18 heavy (non-hydrogen) atoms. The van der Waals surface area contributed by atoms with Crippen LogP contribution in [-0.2, 0) is 4.79 Å². The van der Waals surface area contributed by atoms with E-state index in [0.29, 0.717) is 22.7 Å². The molecule has 1 aliphatic rings. The van der Waals surface area contributed by atoms with E-state index in [9.17, 15) is 4.79 Å². The number of benzene rings is 1. The average Bonchev–Trinajstić information content (AvgIpc) is 3.20. The fraction of sp³-hybridized carbons (Fsp3) is 0.500. The maximum Gasteiger partial charge on any atom is 0.232 e. The van der Waals surface area contributed by atoms with Gasteiger partial charge < -0.3 is 4.90 Å². The Hall–Kier alpha value is -0.670. The molecule has 2 rings (SSSR count). The Morgan fingerprint density at radius 2 is 2.17 bits per heavy atom. The molecule has 0 aromatic heterocycles. The maximum absolute atomic E-state index is 12.1. The highest BCUT2D eigenvalue weighted by Gasteiger charge is 2.32. The minimum atomic E-state index is 0.180. The molecule has 2 nitrogen and oxygen atoms in total. The smallest absolute Gasteiger partial charge is 0.232 e. The van der Waals surface area contributed by atoms with Gasteiger partial charge in [0, 0.05) is 18.0 Å². The second kappa shape index (κ2) is 5.98. The van der Waals surface area contributed by atoms with Crippen molar-refractivity contribution in [2.24, 2.45) is 5.92 Å². The number of nitrogens with zero attached hydrogens (tertiary/aromatic N) is 1. The molecule has 0 bridgehead atoms. The lowest BCUT2D eigenvalue weighted by atomic mass is 10.2. The zero-order valence-electron chi connectivity index (χ0n) is 10.7. The van der Waals surface area contributed by atoms with Crippen molar-refractivity contribution in [3.63, 3.8) is 0 Å². The van der Waals surface area contributed by atoms with E-state index < -0.39 is 0 Å². The Morgan fingerprint density at radius 1 is 1.50 bits per heavy atom. The number of amides is 1. The molecule has 0 N–H and O–H groups in total. The van der Waals surface area contributed by atoms with Crippen LogP contribution in [0.1, 0.15) is 19.8 Å². The van der Waals surface area contributed by atoms with E-state index in [1.165, 1.54) is 24.6 Å². The van der Waals surface area contributed by atoms with Crippen LogP contribution in [0.3, 0.4) is 0 Å². The molecular formula is C14H18ClNOS. The van der Waals surface area contributed by atoms with Gasteiger partial charge in [-0.25, -0.2) is 0 Å². The van der Waals surface area contributed by atoms with Gasteiger partial charge in [0.2, 0.25) is 5.91 Å². The molecule has 1 fully saturated rings. The number of halogens is 1. The quantitative estimate of drug-likeness (QED) is 0.768. The van der Waals surface area contributed by atoms with Crippen molar-refractivity contribution >= 4 is 29.3 Å². The van der Waals surface area contributed by atoms with Crippen LogP contribution in [0.5, 0.6) is 0 Å². The Bertz CT molecular complexity index is 434. The van der Waals surface area contributed by atoms with Crippen molar-refractivity contribution in [3.8, 4) is 0 Å². The van der Waals surface area contributed by atoms with Gasteiger partial charge >= 0.3 is 0 Å². The van der Waals surface area contributed by atoms with Gasteiger partial charge in [-0.1, -0.05) is 23.7 Å². The van der Waals surface area contributed by atoms with E-state index in [0.717, 1.165) is 4.90 Å². The first kappa shape index (κ1) is 13.8. The highest BCUT2D eigenvalue weighted by atomic mass is 35.5. The van der Waals surface area contributed by atoms with Crippen LogP contribution in [-0.4, -0.2) is 29.6 Å². The van der Waals surface area contributed by atoms with Crippen LogP contribution < -0.4 is 0 Å². The summed E-state index contributed by atoms with van der Waals surface area (Å²) in [4.78, 5) is 14.9. The molecule has 1 aliphatic carbocycles. The van der Waals surface area contributed by atoms with Gasteiger partial charge in [-0.2, -0.15) is 0 Å². The van der Waals surface area contributed by atoms with Crippen LogP contribution in [0.4, 0.5) is 0 Å². The van der Waals surface area contributed by atoms with Crippen molar-refractivity contribution in [2.75, 3.05) is 12.8 Å². The number of carbonyl (C=O) groups is 1. The van der Waals surface area contributed by atoms with Gasteiger partial charge in [0.1, 0.15) is 0 Å². The van der Waals surface area contributed by atoms with Crippen molar-refractivity contribution in [2.45, 2.75) is 30.7 Å². The van der Waals surface area contributed by atoms with Crippen molar-refractivity contribution in [1.82, 2.24) is 4.90 Å². The van der Waals surface area contributed by atoms with E-state index in [-0.39, 0.29) is 5.91 Å². The molecule has 0 spiro atoms. The topological polar surface area (TPSA) is 20.3 Å². The Labute approximate surface area is 118 Å². The summed E-state index contributed by atoms with van der Waals surface area (Å²) < 4.78 is 0. The SMILES string of the molecule is CC(C1CC1)N(C)C(=O)CSc1ccccc1Cl. The number of thioether (sulfide) groups is 1. The molecule has 1 aromatic rings.